The average Bonchev–Trinajstić information content (AvgIpc) is 3.56. The van der Waals surface area contributed by atoms with E-state index in [0.717, 1.165) is 11.5 Å². The molecule has 2 aromatic rings. The molecule has 0 N–H and O–H groups in total. The van der Waals surface area contributed by atoms with Crippen molar-refractivity contribution in [1.29, 1.82) is 0 Å². The molecule has 0 saturated carbocycles. The summed E-state index contributed by atoms with van der Waals surface area (Å²) in [5, 5.41) is 2.87. The van der Waals surface area contributed by atoms with Crippen LogP contribution in [0.1, 0.15) is 53.1 Å². The van der Waals surface area contributed by atoms with Crippen LogP contribution < -0.4 is 10.4 Å². The van der Waals surface area contributed by atoms with Crippen LogP contribution in [0.2, 0.25) is 63.5 Å². The van der Waals surface area contributed by atoms with Gasteiger partial charge in [0.1, 0.15) is 11.5 Å². The van der Waals surface area contributed by atoms with Crippen LogP contribution in [0.25, 0.3) is 11.1 Å². The molecule has 2 nitrogen and oxygen atoms in total. The summed E-state index contributed by atoms with van der Waals surface area (Å²) in [6.45, 7) is 33.8. The van der Waals surface area contributed by atoms with Crippen LogP contribution in [0, 0.1) is 10.8 Å². The largest absolute Gasteiger partial charge is 0.465 e. The van der Waals surface area contributed by atoms with Crippen LogP contribution in [0.15, 0.2) is 68.9 Å². The first kappa shape index (κ1) is 30.1. The molecule has 0 amide bonds. The van der Waals surface area contributed by atoms with E-state index < -0.39 is 24.2 Å². The fourth-order valence-electron chi connectivity index (χ4n) is 6.17. The Hall–Kier alpha value is -1.83. The van der Waals surface area contributed by atoms with E-state index in [9.17, 15) is 0 Å². The Kier molecular flexibility index (Phi) is 7.44. The van der Waals surface area contributed by atoms with Crippen molar-refractivity contribution in [3.05, 3.63) is 71.6 Å². The zero-order chi connectivity index (χ0) is 29.3. The Morgan fingerprint density at radius 3 is 1.18 bits per heavy atom. The molecular weight excluding hydrogens is 525 g/mol. The van der Waals surface area contributed by atoms with Crippen molar-refractivity contribution in [3.8, 4) is 0 Å². The molecule has 0 fully saturated rings. The quantitative estimate of drug-likeness (QED) is 0.320. The van der Waals surface area contributed by atoms with E-state index in [4.69, 9.17) is 8.83 Å². The van der Waals surface area contributed by atoms with Crippen molar-refractivity contribution in [2.24, 2.45) is 10.8 Å². The lowest BCUT2D eigenvalue weighted by molar-refractivity contribution is 0.517. The number of hydrogen-bond acceptors (Lipinski definition) is 2. The normalized spacial score (nSPS) is 21.2. The second kappa shape index (κ2) is 9.63. The van der Waals surface area contributed by atoms with Crippen molar-refractivity contribution in [2.75, 3.05) is 0 Å². The van der Waals surface area contributed by atoms with Gasteiger partial charge in [0, 0.05) is 11.1 Å². The van der Waals surface area contributed by atoms with Gasteiger partial charge in [-0.05, 0) is 55.6 Å². The van der Waals surface area contributed by atoms with E-state index in [0.29, 0.717) is 11.1 Å². The number of allylic oxidation sites excluding steroid dienone is 8. The second-order valence-electron chi connectivity index (χ2n) is 16.5. The first-order chi connectivity index (χ1) is 17.6. The first-order valence-corrected chi connectivity index (χ1v) is 24.8. The van der Waals surface area contributed by atoms with Crippen molar-refractivity contribution in [1.82, 2.24) is 0 Å². The van der Waals surface area contributed by atoms with Gasteiger partial charge in [0.15, 0.2) is 0 Å². The van der Waals surface area contributed by atoms with E-state index in [-0.39, 0.29) is 10.8 Å². The van der Waals surface area contributed by atoms with Gasteiger partial charge < -0.3 is 8.83 Å². The Morgan fingerprint density at radius 1 is 0.564 bits per heavy atom. The standard InChI is InChI=1S/C34H52O2Si3/c1-33(2,3)23-19-25(31-27(15-17-35-31)37(7,8)9)29(21-23)39(13,14)30-22-24(34(4,5)6)20-26(30)32-28(16-18-36-32)38(10,11)12/h15-22,29-30H,1-14H3. The number of hydrogen-bond donors (Lipinski definition) is 0. The van der Waals surface area contributed by atoms with Crippen molar-refractivity contribution < 1.29 is 8.83 Å². The van der Waals surface area contributed by atoms with Gasteiger partial charge >= 0.3 is 0 Å². The second-order valence-corrected chi connectivity index (χ2v) is 31.5. The molecule has 2 aliphatic carbocycles. The number of furan rings is 2. The summed E-state index contributed by atoms with van der Waals surface area (Å²) < 4.78 is 12.7. The van der Waals surface area contributed by atoms with E-state index in [1.54, 1.807) is 0 Å². The molecule has 2 aromatic heterocycles. The van der Waals surface area contributed by atoms with Crippen LogP contribution in [-0.2, 0) is 0 Å². The lowest BCUT2D eigenvalue weighted by Gasteiger charge is -2.37. The molecule has 0 bridgehead atoms. The average molecular weight is 577 g/mol. The van der Waals surface area contributed by atoms with Gasteiger partial charge in [0.05, 0.1) is 36.7 Å². The third kappa shape index (κ3) is 5.69. The highest BCUT2D eigenvalue weighted by atomic mass is 28.3. The zero-order valence-corrected chi connectivity index (χ0v) is 30.1. The summed E-state index contributed by atoms with van der Waals surface area (Å²) in [6, 6.07) is 4.48. The predicted molar refractivity (Wildman–Crippen MR) is 179 cm³/mol. The summed E-state index contributed by atoms with van der Waals surface area (Å²) in [4.78, 5) is 0. The summed E-state index contributed by atoms with van der Waals surface area (Å²) in [5.74, 6) is 2.28. The van der Waals surface area contributed by atoms with Gasteiger partial charge in [-0.15, -0.1) is 0 Å². The van der Waals surface area contributed by atoms with Crippen LogP contribution in [0.3, 0.4) is 0 Å². The van der Waals surface area contributed by atoms with Crippen LogP contribution >= 0.6 is 0 Å². The Bertz CT molecular complexity index is 1260. The molecule has 0 radical (unpaired) electrons. The maximum absolute atomic E-state index is 6.37. The van der Waals surface area contributed by atoms with Crippen molar-refractivity contribution in [3.63, 3.8) is 0 Å². The van der Waals surface area contributed by atoms with Crippen molar-refractivity contribution in [2.45, 2.75) is 105 Å². The third-order valence-corrected chi connectivity index (χ3v) is 17.0. The van der Waals surface area contributed by atoms with Gasteiger partial charge in [0.25, 0.3) is 0 Å². The maximum atomic E-state index is 6.37. The first-order valence-electron chi connectivity index (χ1n) is 14.7. The molecule has 0 aliphatic heterocycles. The van der Waals surface area contributed by atoms with Gasteiger partial charge in [-0.1, -0.05) is 118 Å². The van der Waals surface area contributed by atoms with E-state index in [1.165, 1.54) is 32.7 Å². The van der Waals surface area contributed by atoms with Crippen LogP contribution in [0.4, 0.5) is 0 Å². The Morgan fingerprint density at radius 2 is 0.897 bits per heavy atom. The van der Waals surface area contributed by atoms with Crippen LogP contribution in [-0.4, -0.2) is 24.2 Å². The van der Waals surface area contributed by atoms with E-state index >= 15 is 0 Å². The minimum atomic E-state index is -2.06. The summed E-state index contributed by atoms with van der Waals surface area (Å²) in [6.07, 6.45) is 14.0. The minimum absolute atomic E-state index is 0.0865. The molecule has 4 rings (SSSR count). The highest BCUT2D eigenvalue weighted by Gasteiger charge is 2.48. The SMILES string of the molecule is CC(C)(C)C1=CC([Si](C)(C)C2C=C(C(C)(C)C)C=C2c2occc2[Si](C)(C)C)C(c2occc2[Si](C)(C)C)=C1. The summed E-state index contributed by atoms with van der Waals surface area (Å²) >= 11 is 0. The molecule has 39 heavy (non-hydrogen) atoms. The van der Waals surface area contributed by atoms with Crippen LogP contribution in [0.5, 0.6) is 0 Å². The van der Waals surface area contributed by atoms with Gasteiger partial charge in [-0.2, -0.15) is 0 Å². The van der Waals surface area contributed by atoms with Gasteiger partial charge in [-0.3, -0.25) is 0 Å². The lowest BCUT2D eigenvalue weighted by atomic mass is 9.87. The molecule has 2 aliphatic rings. The molecule has 2 unspecified atom stereocenters. The fraction of sp³-hybridized carbons (Fsp3) is 0.529. The minimum Gasteiger partial charge on any atom is -0.465 e. The molecule has 0 aromatic carbocycles. The maximum Gasteiger partial charge on any atom is 0.129 e. The van der Waals surface area contributed by atoms with Gasteiger partial charge in [0.2, 0.25) is 0 Å². The fourth-order valence-corrected chi connectivity index (χ4v) is 12.7. The van der Waals surface area contributed by atoms with E-state index in [1.807, 2.05) is 12.5 Å². The summed E-state index contributed by atoms with van der Waals surface area (Å²) in [7, 11) is -5.22. The molecule has 212 valence electrons. The zero-order valence-electron chi connectivity index (χ0n) is 27.1. The van der Waals surface area contributed by atoms with Gasteiger partial charge in [-0.25, -0.2) is 0 Å². The monoisotopic (exact) mass is 576 g/mol. The Balaban J connectivity index is 1.90. The Labute approximate surface area is 241 Å². The highest BCUT2D eigenvalue weighted by Crippen LogP contribution is 2.56. The number of rotatable bonds is 6. The molecule has 5 heteroatoms. The smallest absolute Gasteiger partial charge is 0.129 e. The lowest BCUT2D eigenvalue weighted by Crippen LogP contribution is -2.42. The molecular formula is C34H52O2Si3. The van der Waals surface area contributed by atoms with E-state index in [2.05, 4.69) is 130 Å². The highest BCUT2D eigenvalue weighted by molar-refractivity contribution is 6.90. The molecule has 2 atom stereocenters. The summed E-state index contributed by atoms with van der Waals surface area (Å²) in [5.41, 5.74) is 6.58. The third-order valence-electron chi connectivity index (χ3n) is 8.79. The van der Waals surface area contributed by atoms with Crippen molar-refractivity contribution >= 4 is 45.7 Å². The molecule has 2 heterocycles. The topological polar surface area (TPSA) is 26.3 Å². The molecule has 0 spiro atoms. The predicted octanol–water partition coefficient (Wildman–Crippen LogP) is 9.85. The molecule has 0 saturated heterocycles.